The third kappa shape index (κ3) is 33.9. The van der Waals surface area contributed by atoms with Gasteiger partial charge in [-0.1, -0.05) is 179 Å². The van der Waals surface area contributed by atoms with Crippen LogP contribution < -0.4 is 60.3 Å². The van der Waals surface area contributed by atoms with Crippen molar-refractivity contribution in [1.82, 2.24) is 29.9 Å². The SMILES string of the molecule is Cc1ccc(COc2ccccc2C(=O)Nc2cccnc2)cc1.N#Cc1ccc(COc2ccccc2C(=O)Nc2cccnc2)cc1.O=C(Nc1cccnc1)c1ccccc1OCc1c(Cl)cccc1Cl.O=C(Nc1cccnc1)c1ccccc1OCc1cc(F)ccc1Cl.O=C(Nc1cccnc1)c1ccccc1OCc1ccc([N+](=O)[O-])cc1.O=C(Nc1cccnc1)c1ccccc1OCc1cccc(Cl)c1F. The molecular formula is C116H90Cl4F2N14O14. The second-order valence-electron chi connectivity index (χ2n) is 31.8. The van der Waals surface area contributed by atoms with Crippen LogP contribution in [0.1, 0.15) is 107 Å². The van der Waals surface area contributed by atoms with Crippen molar-refractivity contribution in [3.8, 4) is 40.6 Å². The number of nitriles is 1. The monoisotopic (exact) mass is 2080 g/mol. The van der Waals surface area contributed by atoms with E-state index < -0.39 is 16.6 Å². The van der Waals surface area contributed by atoms with Crippen molar-refractivity contribution in [2.24, 2.45) is 0 Å². The first-order valence-corrected chi connectivity index (χ1v) is 47.2. The number of hydrogen-bond acceptors (Lipinski definition) is 21. The lowest BCUT2D eigenvalue weighted by molar-refractivity contribution is -0.384. The number of non-ortho nitro benzene ring substituents is 1. The number of carbonyl (C=O) groups is 6. The van der Waals surface area contributed by atoms with Gasteiger partial charge in [0.05, 0.1) is 126 Å². The van der Waals surface area contributed by atoms with Gasteiger partial charge in [-0.15, -0.1) is 0 Å². The minimum absolute atomic E-state index is 0.0185. The fourth-order valence-electron chi connectivity index (χ4n) is 13.5. The number of nitro groups is 1. The molecule has 12 aromatic carbocycles. The third-order valence-electron chi connectivity index (χ3n) is 21.1. The van der Waals surface area contributed by atoms with Crippen LogP contribution in [-0.2, 0) is 39.6 Å². The molecular weight excluding hydrogens is 1990 g/mol. The standard InChI is InChI=1S/C20H15N3O2.C20H18N2O2.C19H14Cl2N2O2.2C19H14ClFN2O2.C19H15N3O4/c21-12-15-7-9-16(10-8-15)14-25-19-6-2-1-5-18(19)20(24)23-17-4-3-11-22-13-17;1-15-8-10-16(11-9-15)14-24-19-7-3-2-6-18(19)20(23)22-17-5-4-12-21-13-17;20-16-7-3-8-17(21)15(16)12-25-18-9-2-1-6-14(18)19(24)23-13-5-4-10-22-11-13;20-16-8-3-5-13(18(16)21)12-25-17-9-2-1-7-15(17)19(24)23-14-6-4-10-22-11-14;20-17-8-7-14(21)10-13(17)12-25-18-6-2-1-5-16(18)19(24)23-15-4-3-9-22-11-15;23-19(21-15-4-3-11-20-12-15)17-5-1-2-6-18(17)26-13-14-7-9-16(10-8-14)22(24)25/h1-11,13H,14H2,(H,23,24);2-13H,14H2,1H3,(H,22,23);3*1-11H,12H2,(H,23,24);1-12H,13H2,(H,21,23). The number of halogens is 6. The van der Waals surface area contributed by atoms with Gasteiger partial charge < -0.3 is 60.3 Å². The van der Waals surface area contributed by atoms with Crippen LogP contribution >= 0.6 is 46.4 Å². The van der Waals surface area contributed by atoms with Crippen molar-refractivity contribution >= 4 is 122 Å². The smallest absolute Gasteiger partial charge is 0.269 e. The van der Waals surface area contributed by atoms with Crippen molar-refractivity contribution in [2.75, 3.05) is 31.9 Å². The summed E-state index contributed by atoms with van der Waals surface area (Å²) in [6.07, 6.45) is 19.2. The summed E-state index contributed by atoms with van der Waals surface area (Å²) in [5, 5.41) is 37.6. The Morgan fingerprint density at radius 1 is 0.307 bits per heavy atom. The normalized spacial score (nSPS) is 10.2. The highest BCUT2D eigenvalue weighted by atomic mass is 35.5. The van der Waals surface area contributed by atoms with Crippen molar-refractivity contribution in [3.63, 3.8) is 0 Å². The molecule has 0 aliphatic carbocycles. The summed E-state index contributed by atoms with van der Waals surface area (Å²) in [6, 6.07) is 100. The Labute approximate surface area is 880 Å². The molecule has 28 nitrogen and oxygen atoms in total. The van der Waals surface area contributed by atoms with Crippen LogP contribution in [0.15, 0.2) is 420 Å². The zero-order valence-electron chi connectivity index (χ0n) is 79.6. The summed E-state index contributed by atoms with van der Waals surface area (Å²) in [7, 11) is 0. The third-order valence-corrected chi connectivity index (χ3v) is 22.4. The molecule has 0 saturated carbocycles. The van der Waals surface area contributed by atoms with Crippen molar-refractivity contribution in [3.05, 3.63) is 540 Å². The molecule has 0 aliphatic heterocycles. The Bertz CT molecular complexity index is 7490. The van der Waals surface area contributed by atoms with E-state index in [9.17, 15) is 47.7 Å². The molecule has 0 unspecified atom stereocenters. The molecule has 0 fully saturated rings. The number of ether oxygens (including phenoxy) is 6. The average Bonchev–Trinajstić information content (AvgIpc) is 0.890. The second kappa shape index (κ2) is 56.9. The van der Waals surface area contributed by atoms with E-state index in [1.54, 1.807) is 329 Å². The molecule has 0 bridgehead atoms. The highest BCUT2D eigenvalue weighted by Crippen LogP contribution is 2.33. The van der Waals surface area contributed by atoms with Gasteiger partial charge in [-0.3, -0.25) is 68.8 Å². The van der Waals surface area contributed by atoms with E-state index in [1.165, 1.54) is 42.0 Å². The first-order valence-electron chi connectivity index (χ1n) is 45.7. The number of pyridine rings is 6. The Balaban J connectivity index is 0.000000150. The summed E-state index contributed by atoms with van der Waals surface area (Å²) >= 11 is 24.1. The Kier molecular flexibility index (Phi) is 41.1. The van der Waals surface area contributed by atoms with E-state index in [0.717, 1.165) is 16.7 Å². The number of anilines is 6. The number of benzene rings is 12. The van der Waals surface area contributed by atoms with Crippen LogP contribution in [0.25, 0.3) is 0 Å². The van der Waals surface area contributed by atoms with Gasteiger partial charge in [-0.2, -0.15) is 5.26 Å². The van der Waals surface area contributed by atoms with E-state index in [-0.39, 0.29) is 72.6 Å². The van der Waals surface area contributed by atoms with Crippen LogP contribution in [-0.4, -0.2) is 70.3 Å². The molecule has 18 rings (SSSR count). The highest BCUT2D eigenvalue weighted by molar-refractivity contribution is 6.36. The van der Waals surface area contributed by atoms with Gasteiger partial charge in [0.1, 0.15) is 85.8 Å². The lowest BCUT2D eigenvalue weighted by Crippen LogP contribution is -2.14. The predicted molar refractivity (Wildman–Crippen MR) is 572 cm³/mol. The fraction of sp³-hybridized carbons (Fsp3) is 0.0603. The number of nitrogens with zero attached hydrogens (tertiary/aromatic N) is 8. The molecule has 750 valence electrons. The van der Waals surface area contributed by atoms with Crippen LogP contribution in [0.5, 0.6) is 34.5 Å². The number of aromatic nitrogens is 6. The number of para-hydroxylation sites is 6. The Morgan fingerprint density at radius 3 is 0.880 bits per heavy atom. The van der Waals surface area contributed by atoms with Crippen molar-refractivity contribution < 1.29 is 70.9 Å². The van der Waals surface area contributed by atoms with Gasteiger partial charge in [0.25, 0.3) is 41.1 Å². The predicted octanol–water partition coefficient (Wildman–Crippen LogP) is 26.5. The van der Waals surface area contributed by atoms with Crippen molar-refractivity contribution in [2.45, 2.75) is 46.6 Å². The number of hydrogen-bond donors (Lipinski definition) is 6. The summed E-state index contributed by atoms with van der Waals surface area (Å²) < 4.78 is 61.8. The van der Waals surface area contributed by atoms with E-state index >= 15 is 0 Å². The lowest BCUT2D eigenvalue weighted by atomic mass is 10.1. The number of nitrogens with one attached hydrogen (secondary N) is 6. The number of nitro benzene ring substituents is 1. The molecule has 34 heteroatoms. The largest absolute Gasteiger partial charge is 0.488 e. The maximum atomic E-state index is 14.0. The van der Waals surface area contributed by atoms with E-state index in [4.69, 9.17) is 80.1 Å². The van der Waals surface area contributed by atoms with Gasteiger partial charge in [0.2, 0.25) is 0 Å². The van der Waals surface area contributed by atoms with E-state index in [0.29, 0.717) is 153 Å². The molecule has 0 atom stereocenters. The highest BCUT2D eigenvalue weighted by Gasteiger charge is 2.22. The zero-order chi connectivity index (χ0) is 106. The summed E-state index contributed by atoms with van der Waals surface area (Å²) in [5.41, 5.74) is 12.1. The van der Waals surface area contributed by atoms with Gasteiger partial charge in [-0.05, 0) is 230 Å². The fourth-order valence-corrected chi connectivity index (χ4v) is 14.4. The minimum atomic E-state index is -0.526. The molecule has 0 radical (unpaired) electrons. The molecule has 0 spiro atoms. The summed E-state index contributed by atoms with van der Waals surface area (Å²) in [4.78, 5) is 109. The number of rotatable bonds is 31. The van der Waals surface area contributed by atoms with E-state index in [1.807, 2.05) is 61.5 Å². The van der Waals surface area contributed by atoms with Crippen LogP contribution in [0.4, 0.5) is 48.6 Å². The maximum Gasteiger partial charge on any atom is 0.269 e. The second-order valence-corrected chi connectivity index (χ2v) is 33.4. The minimum Gasteiger partial charge on any atom is -0.488 e. The average molecular weight is 2080 g/mol. The number of amides is 6. The summed E-state index contributed by atoms with van der Waals surface area (Å²) in [5.74, 6) is -0.0134. The topological polar surface area (TPSA) is 374 Å². The van der Waals surface area contributed by atoms with Gasteiger partial charge in [0.15, 0.2) is 0 Å². The first kappa shape index (κ1) is 108. The Morgan fingerprint density at radius 2 is 0.580 bits per heavy atom. The molecule has 6 heterocycles. The van der Waals surface area contributed by atoms with Gasteiger partial charge in [0, 0.05) is 81.1 Å². The number of carbonyl (C=O) groups excluding carboxylic acids is 6. The zero-order valence-corrected chi connectivity index (χ0v) is 82.7. The number of aryl methyl sites for hydroxylation is 1. The maximum absolute atomic E-state index is 14.0. The van der Waals surface area contributed by atoms with Crippen LogP contribution in [0, 0.1) is 40.0 Å². The molecule has 6 N–H and O–H groups in total. The van der Waals surface area contributed by atoms with Crippen molar-refractivity contribution in [1.29, 1.82) is 5.26 Å². The van der Waals surface area contributed by atoms with E-state index in [2.05, 4.69) is 67.9 Å². The lowest BCUT2D eigenvalue weighted by Gasteiger charge is -2.13. The van der Waals surface area contributed by atoms with Gasteiger partial charge >= 0.3 is 0 Å². The first-order chi connectivity index (χ1) is 73.0. The van der Waals surface area contributed by atoms with Crippen LogP contribution in [0.3, 0.4) is 0 Å². The molecule has 150 heavy (non-hydrogen) atoms. The summed E-state index contributed by atoms with van der Waals surface area (Å²) in [6.45, 7) is 3.13. The molecule has 0 saturated heterocycles. The molecule has 18 aromatic rings. The molecule has 6 amide bonds. The van der Waals surface area contributed by atoms with Gasteiger partial charge in [-0.25, -0.2) is 8.78 Å². The van der Waals surface area contributed by atoms with Crippen LogP contribution in [0.2, 0.25) is 20.1 Å². The molecule has 6 aromatic heterocycles. The molecule has 0 aliphatic rings. The Hall–Kier alpha value is -18.9. The quantitative estimate of drug-likeness (QED) is 0.0174.